The fourth-order valence-corrected chi connectivity index (χ4v) is 0.796. The van der Waals surface area contributed by atoms with Crippen LogP contribution in [0, 0.1) is 0 Å². The summed E-state index contributed by atoms with van der Waals surface area (Å²) in [7, 11) is 0. The minimum absolute atomic E-state index is 0.986. The van der Waals surface area contributed by atoms with Crippen molar-refractivity contribution in [2.24, 2.45) is 0 Å². The predicted molar refractivity (Wildman–Crippen MR) is 52.9 cm³/mol. The van der Waals surface area contributed by atoms with E-state index in [1.165, 1.54) is 11.1 Å². The predicted octanol–water partition coefficient (Wildman–Crippen LogP) is 4.27. The molecule has 0 rings (SSSR count). The molecule has 0 aliphatic carbocycles. The summed E-state index contributed by atoms with van der Waals surface area (Å²) < 4.78 is 0. The highest BCUT2D eigenvalue weighted by Crippen LogP contribution is 2.17. The summed E-state index contributed by atoms with van der Waals surface area (Å²) >= 11 is 5.97. The van der Waals surface area contributed by atoms with E-state index >= 15 is 0 Å². The molecule has 0 aliphatic rings. The first-order valence-corrected chi connectivity index (χ1v) is 4.39. The summed E-state index contributed by atoms with van der Waals surface area (Å²) in [6.07, 6.45) is 4.20. The lowest BCUT2D eigenvalue weighted by Gasteiger charge is -2.01. The van der Waals surface area contributed by atoms with Gasteiger partial charge in [-0.2, -0.15) is 0 Å². The molecule has 0 spiro atoms. The molecule has 0 N–H and O–H groups in total. The number of allylic oxidation sites excluding steroid dienone is 4. The smallest absolute Gasteiger partial charge is 0.0170 e. The van der Waals surface area contributed by atoms with Crippen LogP contribution in [0.1, 0.15) is 40.5 Å². The average Bonchev–Trinajstić information content (AvgIpc) is 1.99. The van der Waals surface area contributed by atoms with Crippen LogP contribution in [0.15, 0.2) is 22.3 Å². The third-order valence-electron chi connectivity index (χ3n) is 1.77. The molecule has 0 saturated heterocycles. The van der Waals surface area contributed by atoms with E-state index in [9.17, 15) is 0 Å². The summed E-state index contributed by atoms with van der Waals surface area (Å²) in [5, 5.41) is 1.01. The van der Waals surface area contributed by atoms with E-state index in [0.717, 1.165) is 17.9 Å². The van der Waals surface area contributed by atoms with Crippen molar-refractivity contribution in [3.63, 3.8) is 0 Å². The molecular formula is C10H17Cl. The standard InChI is InChI=1S/C10H17Cl/c1-5-9(4)6-7-10(11)8(2)3/h5H,6-7H2,1-4H3/b9-5+. The Balaban J connectivity index is 3.82. The zero-order valence-electron chi connectivity index (χ0n) is 7.87. The maximum Gasteiger partial charge on any atom is 0.0170 e. The molecule has 0 aromatic rings. The number of halogens is 1. The highest BCUT2D eigenvalue weighted by Gasteiger charge is 1.95. The van der Waals surface area contributed by atoms with Gasteiger partial charge < -0.3 is 0 Å². The van der Waals surface area contributed by atoms with Gasteiger partial charge in [0, 0.05) is 5.03 Å². The van der Waals surface area contributed by atoms with Gasteiger partial charge in [0.1, 0.15) is 0 Å². The van der Waals surface area contributed by atoms with Crippen LogP contribution in [0.5, 0.6) is 0 Å². The van der Waals surface area contributed by atoms with E-state index < -0.39 is 0 Å². The van der Waals surface area contributed by atoms with Gasteiger partial charge in [-0.05, 0) is 40.5 Å². The van der Waals surface area contributed by atoms with Crippen LogP contribution in [-0.4, -0.2) is 0 Å². The van der Waals surface area contributed by atoms with Crippen LogP contribution in [0.3, 0.4) is 0 Å². The van der Waals surface area contributed by atoms with E-state index in [1.807, 2.05) is 13.8 Å². The molecule has 0 aromatic heterocycles. The van der Waals surface area contributed by atoms with Crippen LogP contribution in [0.2, 0.25) is 0 Å². The molecule has 0 aromatic carbocycles. The topological polar surface area (TPSA) is 0 Å². The molecule has 0 fully saturated rings. The van der Waals surface area contributed by atoms with Crippen molar-refractivity contribution in [2.45, 2.75) is 40.5 Å². The molecule has 0 atom stereocenters. The van der Waals surface area contributed by atoms with Gasteiger partial charge in [-0.25, -0.2) is 0 Å². The molecule has 0 unspecified atom stereocenters. The van der Waals surface area contributed by atoms with Crippen molar-refractivity contribution >= 4 is 11.6 Å². The van der Waals surface area contributed by atoms with Crippen molar-refractivity contribution in [2.75, 3.05) is 0 Å². The van der Waals surface area contributed by atoms with Crippen molar-refractivity contribution < 1.29 is 0 Å². The maximum atomic E-state index is 5.97. The zero-order chi connectivity index (χ0) is 8.85. The molecule has 0 amide bonds. The van der Waals surface area contributed by atoms with E-state index in [-0.39, 0.29) is 0 Å². The largest absolute Gasteiger partial charge is 0.0892 e. The summed E-state index contributed by atoms with van der Waals surface area (Å²) in [5.74, 6) is 0. The Bertz CT molecular complexity index is 171. The minimum atomic E-state index is 0.986. The first-order chi connectivity index (χ1) is 5.07. The maximum absolute atomic E-state index is 5.97. The van der Waals surface area contributed by atoms with Crippen LogP contribution in [-0.2, 0) is 0 Å². The Morgan fingerprint density at radius 2 is 1.73 bits per heavy atom. The average molecular weight is 173 g/mol. The third-order valence-corrected chi connectivity index (χ3v) is 2.34. The molecule has 0 saturated carbocycles. The van der Waals surface area contributed by atoms with Crippen molar-refractivity contribution in [3.05, 3.63) is 22.3 Å². The highest BCUT2D eigenvalue weighted by molar-refractivity contribution is 6.29. The highest BCUT2D eigenvalue weighted by atomic mass is 35.5. The Morgan fingerprint density at radius 1 is 1.18 bits per heavy atom. The molecule has 11 heavy (non-hydrogen) atoms. The van der Waals surface area contributed by atoms with E-state index in [4.69, 9.17) is 11.6 Å². The van der Waals surface area contributed by atoms with Gasteiger partial charge in [-0.15, -0.1) is 0 Å². The number of hydrogen-bond acceptors (Lipinski definition) is 0. The normalized spacial score (nSPS) is 11.5. The van der Waals surface area contributed by atoms with Crippen molar-refractivity contribution in [1.82, 2.24) is 0 Å². The zero-order valence-corrected chi connectivity index (χ0v) is 8.63. The number of hydrogen-bond donors (Lipinski definition) is 0. The lowest BCUT2D eigenvalue weighted by molar-refractivity contribution is 0.948. The lowest BCUT2D eigenvalue weighted by Crippen LogP contribution is -1.80. The molecule has 0 aliphatic heterocycles. The van der Waals surface area contributed by atoms with Crippen LogP contribution < -0.4 is 0 Å². The van der Waals surface area contributed by atoms with Crippen molar-refractivity contribution in [3.8, 4) is 0 Å². The van der Waals surface area contributed by atoms with Crippen LogP contribution in [0.4, 0.5) is 0 Å². The van der Waals surface area contributed by atoms with Gasteiger partial charge in [0.2, 0.25) is 0 Å². The number of rotatable bonds is 3. The summed E-state index contributed by atoms with van der Waals surface area (Å²) in [4.78, 5) is 0. The minimum Gasteiger partial charge on any atom is -0.0892 e. The second kappa shape index (κ2) is 5.42. The molecule has 1 heteroatoms. The van der Waals surface area contributed by atoms with Gasteiger partial charge in [0.05, 0.1) is 0 Å². The second-order valence-corrected chi connectivity index (χ2v) is 3.50. The van der Waals surface area contributed by atoms with Crippen LogP contribution >= 0.6 is 11.6 Å². The Labute approximate surface area is 74.9 Å². The monoisotopic (exact) mass is 172 g/mol. The van der Waals surface area contributed by atoms with E-state index in [2.05, 4.69) is 19.9 Å². The Kier molecular flexibility index (Phi) is 5.31. The Morgan fingerprint density at radius 3 is 2.09 bits per heavy atom. The van der Waals surface area contributed by atoms with Gasteiger partial charge in [0.25, 0.3) is 0 Å². The van der Waals surface area contributed by atoms with Gasteiger partial charge in [-0.1, -0.05) is 28.8 Å². The van der Waals surface area contributed by atoms with Gasteiger partial charge >= 0.3 is 0 Å². The first-order valence-electron chi connectivity index (χ1n) is 4.01. The summed E-state index contributed by atoms with van der Waals surface area (Å²) in [5.41, 5.74) is 2.64. The molecule has 0 heterocycles. The first kappa shape index (κ1) is 10.8. The molecular weight excluding hydrogens is 156 g/mol. The summed E-state index contributed by atoms with van der Waals surface area (Å²) in [6.45, 7) is 8.29. The van der Waals surface area contributed by atoms with Crippen molar-refractivity contribution in [1.29, 1.82) is 0 Å². The second-order valence-electron chi connectivity index (χ2n) is 3.04. The fourth-order valence-electron chi connectivity index (χ4n) is 0.701. The summed E-state index contributed by atoms with van der Waals surface area (Å²) in [6, 6.07) is 0. The van der Waals surface area contributed by atoms with Crippen LogP contribution in [0.25, 0.3) is 0 Å². The fraction of sp³-hybridized carbons (Fsp3) is 0.600. The molecule has 0 bridgehead atoms. The van der Waals surface area contributed by atoms with E-state index in [1.54, 1.807) is 0 Å². The lowest BCUT2D eigenvalue weighted by atomic mass is 10.1. The molecule has 64 valence electrons. The SMILES string of the molecule is C/C=C(\C)CCC(Cl)=C(C)C. The molecule has 0 nitrogen and oxygen atoms in total. The quantitative estimate of drug-likeness (QED) is 0.558. The van der Waals surface area contributed by atoms with Gasteiger partial charge in [-0.3, -0.25) is 0 Å². The van der Waals surface area contributed by atoms with E-state index in [0.29, 0.717) is 0 Å². The third kappa shape index (κ3) is 5.09. The van der Waals surface area contributed by atoms with Gasteiger partial charge in [0.15, 0.2) is 0 Å². The Hall–Kier alpha value is -0.230. The molecule has 0 radical (unpaired) electrons.